The van der Waals surface area contributed by atoms with Gasteiger partial charge in [0.05, 0.1) is 13.7 Å². The van der Waals surface area contributed by atoms with Crippen LogP contribution in [0.3, 0.4) is 0 Å². The number of hydrogen-bond donors (Lipinski definition) is 0. The molecule has 2 heterocycles. The van der Waals surface area contributed by atoms with Crippen LogP contribution in [0.4, 0.5) is 13.2 Å². The highest BCUT2D eigenvalue weighted by molar-refractivity contribution is 5.72. The number of hydrogen-bond acceptors (Lipinski definition) is 5. The van der Waals surface area contributed by atoms with Gasteiger partial charge in [0.1, 0.15) is 11.2 Å². The Morgan fingerprint density at radius 2 is 2.00 bits per heavy atom. The van der Waals surface area contributed by atoms with Crippen molar-refractivity contribution in [2.75, 3.05) is 20.2 Å². The zero-order chi connectivity index (χ0) is 19.7. The van der Waals surface area contributed by atoms with Gasteiger partial charge in [0.2, 0.25) is 5.88 Å². The first kappa shape index (κ1) is 20.5. The van der Waals surface area contributed by atoms with E-state index in [0.29, 0.717) is 24.2 Å². The quantitative estimate of drug-likeness (QED) is 0.749. The Kier molecular flexibility index (Phi) is 5.85. The standard InChI is InChI=1S/C18H25F3N2O3/c1-11-12(9-13(18(19,20)21)16(22-11)25-5)14-7-6-8-23(14)10-15(24)26-17(2,3)4/h9,14H,6-8,10H2,1-5H3. The molecular formula is C18H25F3N2O3. The molecule has 1 aromatic heterocycles. The summed E-state index contributed by atoms with van der Waals surface area (Å²) in [5.41, 5.74) is -0.562. The zero-order valence-electron chi connectivity index (χ0n) is 15.7. The monoisotopic (exact) mass is 374 g/mol. The van der Waals surface area contributed by atoms with Gasteiger partial charge in [-0.3, -0.25) is 9.69 Å². The van der Waals surface area contributed by atoms with E-state index in [2.05, 4.69) is 4.98 Å². The molecule has 0 amide bonds. The van der Waals surface area contributed by atoms with Crippen LogP contribution in [0.15, 0.2) is 6.07 Å². The van der Waals surface area contributed by atoms with Gasteiger partial charge in [-0.2, -0.15) is 13.2 Å². The van der Waals surface area contributed by atoms with Crippen molar-refractivity contribution in [2.24, 2.45) is 0 Å². The lowest BCUT2D eigenvalue weighted by Crippen LogP contribution is -2.35. The minimum absolute atomic E-state index is 0.0365. The number of carbonyl (C=O) groups excluding carboxylic acids is 1. The van der Waals surface area contributed by atoms with Crippen LogP contribution in [0.2, 0.25) is 0 Å². The summed E-state index contributed by atoms with van der Waals surface area (Å²) in [7, 11) is 1.17. The number of aryl methyl sites for hydroxylation is 1. The largest absolute Gasteiger partial charge is 0.481 e. The number of ether oxygens (including phenoxy) is 2. The Hall–Kier alpha value is -1.83. The predicted octanol–water partition coefficient (Wildman–Crippen LogP) is 3.90. The average Bonchev–Trinajstić information content (AvgIpc) is 2.91. The molecule has 1 atom stereocenters. The molecule has 0 saturated carbocycles. The maximum absolute atomic E-state index is 13.3. The minimum atomic E-state index is -4.56. The van der Waals surface area contributed by atoms with Gasteiger partial charge in [-0.05, 0) is 58.7 Å². The van der Waals surface area contributed by atoms with Crippen LogP contribution in [0.5, 0.6) is 5.88 Å². The molecule has 0 aliphatic carbocycles. The summed E-state index contributed by atoms with van der Waals surface area (Å²) in [4.78, 5) is 18.0. The molecule has 1 aromatic rings. The number of rotatable bonds is 4. The number of pyridine rings is 1. The molecule has 146 valence electrons. The summed E-state index contributed by atoms with van der Waals surface area (Å²) < 4.78 is 50.1. The number of esters is 1. The summed E-state index contributed by atoms with van der Waals surface area (Å²) in [6.45, 7) is 7.64. The lowest BCUT2D eigenvalue weighted by Gasteiger charge is -2.27. The highest BCUT2D eigenvalue weighted by atomic mass is 19.4. The van der Waals surface area contributed by atoms with Crippen LogP contribution >= 0.6 is 0 Å². The molecule has 0 N–H and O–H groups in total. The first-order valence-corrected chi connectivity index (χ1v) is 8.51. The van der Waals surface area contributed by atoms with Gasteiger partial charge in [0, 0.05) is 11.7 Å². The number of methoxy groups -OCH3 is 1. The lowest BCUT2D eigenvalue weighted by atomic mass is 10.0. The van der Waals surface area contributed by atoms with Crippen molar-refractivity contribution in [3.05, 3.63) is 22.9 Å². The molecular weight excluding hydrogens is 349 g/mol. The molecule has 5 nitrogen and oxygen atoms in total. The van der Waals surface area contributed by atoms with Gasteiger partial charge in [-0.1, -0.05) is 0 Å². The number of nitrogens with zero attached hydrogens (tertiary/aromatic N) is 2. The second-order valence-corrected chi connectivity index (χ2v) is 7.43. The number of halogens is 3. The molecule has 1 unspecified atom stereocenters. The Bertz CT molecular complexity index is 669. The van der Waals surface area contributed by atoms with Crippen LogP contribution in [-0.4, -0.2) is 41.7 Å². The number of likely N-dealkylation sites (tertiary alicyclic amines) is 1. The SMILES string of the molecule is COc1nc(C)c(C2CCCN2CC(=O)OC(C)(C)C)cc1C(F)(F)F. The maximum Gasteiger partial charge on any atom is 0.421 e. The zero-order valence-corrected chi connectivity index (χ0v) is 15.7. The molecule has 1 saturated heterocycles. The van der Waals surface area contributed by atoms with E-state index in [1.807, 2.05) is 4.90 Å². The Morgan fingerprint density at radius 3 is 2.54 bits per heavy atom. The number of alkyl halides is 3. The summed E-state index contributed by atoms with van der Waals surface area (Å²) in [5.74, 6) is -0.824. The van der Waals surface area contributed by atoms with Gasteiger partial charge in [0.15, 0.2) is 0 Å². The first-order valence-electron chi connectivity index (χ1n) is 8.51. The normalized spacial score (nSPS) is 18.8. The third-order valence-corrected chi connectivity index (χ3v) is 4.19. The highest BCUT2D eigenvalue weighted by Gasteiger charge is 2.38. The van der Waals surface area contributed by atoms with Crippen molar-refractivity contribution in [1.82, 2.24) is 9.88 Å². The van der Waals surface area contributed by atoms with Crippen molar-refractivity contribution in [2.45, 2.75) is 58.4 Å². The van der Waals surface area contributed by atoms with E-state index in [9.17, 15) is 18.0 Å². The molecule has 1 fully saturated rings. The fourth-order valence-corrected chi connectivity index (χ4v) is 3.20. The molecule has 1 aliphatic heterocycles. The van der Waals surface area contributed by atoms with Gasteiger partial charge < -0.3 is 9.47 Å². The van der Waals surface area contributed by atoms with E-state index in [4.69, 9.17) is 9.47 Å². The molecule has 0 spiro atoms. The second-order valence-electron chi connectivity index (χ2n) is 7.43. The van der Waals surface area contributed by atoms with E-state index in [-0.39, 0.29) is 18.6 Å². The topological polar surface area (TPSA) is 51.7 Å². The molecule has 0 radical (unpaired) electrons. The highest BCUT2D eigenvalue weighted by Crippen LogP contribution is 2.40. The summed E-state index contributed by atoms with van der Waals surface area (Å²) in [6, 6.07) is 0.793. The number of aromatic nitrogens is 1. The predicted molar refractivity (Wildman–Crippen MR) is 89.9 cm³/mol. The van der Waals surface area contributed by atoms with Gasteiger partial charge in [-0.15, -0.1) is 0 Å². The molecule has 26 heavy (non-hydrogen) atoms. The fraction of sp³-hybridized carbons (Fsp3) is 0.667. The van der Waals surface area contributed by atoms with Gasteiger partial charge in [-0.25, -0.2) is 4.98 Å². The molecule has 8 heteroatoms. The minimum Gasteiger partial charge on any atom is -0.481 e. The smallest absolute Gasteiger partial charge is 0.421 e. The van der Waals surface area contributed by atoms with Gasteiger partial charge >= 0.3 is 12.1 Å². The van der Waals surface area contributed by atoms with Crippen LogP contribution in [0.1, 0.15) is 56.5 Å². The van der Waals surface area contributed by atoms with Crippen LogP contribution in [0, 0.1) is 6.92 Å². The molecule has 0 bridgehead atoms. The second kappa shape index (κ2) is 7.42. The average molecular weight is 374 g/mol. The van der Waals surface area contributed by atoms with Crippen molar-refractivity contribution in [1.29, 1.82) is 0 Å². The fourth-order valence-electron chi connectivity index (χ4n) is 3.20. The van der Waals surface area contributed by atoms with E-state index < -0.39 is 23.2 Å². The van der Waals surface area contributed by atoms with Crippen molar-refractivity contribution >= 4 is 5.97 Å². The lowest BCUT2D eigenvalue weighted by molar-refractivity contribution is -0.156. The van der Waals surface area contributed by atoms with Crippen LogP contribution in [0.25, 0.3) is 0 Å². The van der Waals surface area contributed by atoms with E-state index in [0.717, 1.165) is 12.5 Å². The molecule has 0 aromatic carbocycles. The summed E-state index contributed by atoms with van der Waals surface area (Å²) in [5, 5.41) is 0. The van der Waals surface area contributed by atoms with E-state index in [1.165, 1.54) is 7.11 Å². The third-order valence-electron chi connectivity index (χ3n) is 4.19. The Labute approximate surface area is 151 Å². The maximum atomic E-state index is 13.3. The molecule has 1 aliphatic rings. The van der Waals surface area contributed by atoms with Gasteiger partial charge in [0.25, 0.3) is 0 Å². The summed E-state index contributed by atoms with van der Waals surface area (Å²) in [6.07, 6.45) is -3.11. The van der Waals surface area contributed by atoms with E-state index >= 15 is 0 Å². The summed E-state index contributed by atoms with van der Waals surface area (Å²) >= 11 is 0. The van der Waals surface area contributed by atoms with Crippen molar-refractivity contribution in [3.8, 4) is 5.88 Å². The first-order chi connectivity index (χ1) is 11.9. The van der Waals surface area contributed by atoms with Crippen molar-refractivity contribution in [3.63, 3.8) is 0 Å². The molecule has 2 rings (SSSR count). The van der Waals surface area contributed by atoms with E-state index in [1.54, 1.807) is 27.7 Å². The third kappa shape index (κ3) is 4.87. The van der Waals surface area contributed by atoms with Crippen LogP contribution < -0.4 is 4.74 Å². The van der Waals surface area contributed by atoms with Crippen molar-refractivity contribution < 1.29 is 27.4 Å². The Morgan fingerprint density at radius 1 is 1.35 bits per heavy atom. The van der Waals surface area contributed by atoms with Crippen LogP contribution in [-0.2, 0) is 15.7 Å². The Balaban J connectivity index is 2.30. The number of carbonyl (C=O) groups is 1.